The van der Waals surface area contributed by atoms with Crippen LogP contribution in [0.4, 0.5) is 4.39 Å². The Morgan fingerprint density at radius 1 is 1.19 bits per heavy atom. The van der Waals surface area contributed by atoms with Gasteiger partial charge in [-0.25, -0.2) is 14.4 Å². The smallest absolute Gasteiger partial charge is 0.131 e. The molecule has 0 spiro atoms. The zero-order valence-corrected chi connectivity index (χ0v) is 12.6. The molecule has 0 fully saturated rings. The van der Waals surface area contributed by atoms with Crippen molar-refractivity contribution in [2.75, 3.05) is 0 Å². The zero-order valence-electron chi connectivity index (χ0n) is 12.6. The van der Waals surface area contributed by atoms with Crippen molar-refractivity contribution in [1.82, 2.24) is 9.97 Å². The summed E-state index contributed by atoms with van der Waals surface area (Å²) in [6.45, 7) is 8.37. The fourth-order valence-electron chi connectivity index (χ4n) is 2.81. The van der Waals surface area contributed by atoms with Gasteiger partial charge < -0.3 is 0 Å². The van der Waals surface area contributed by atoms with E-state index >= 15 is 0 Å². The minimum absolute atomic E-state index is 0.219. The highest BCUT2D eigenvalue weighted by Gasteiger charge is 2.23. The number of fused-ring (bicyclic) bond motifs is 1. The molecule has 1 heterocycles. The summed E-state index contributed by atoms with van der Waals surface area (Å²) in [5.74, 6) is 1.35. The van der Waals surface area contributed by atoms with Crippen LogP contribution in [-0.4, -0.2) is 9.97 Å². The Kier molecular flexibility index (Phi) is 3.75. The molecular formula is C18H20FN2. The maximum atomic E-state index is 13.2. The van der Waals surface area contributed by atoms with Crippen LogP contribution >= 0.6 is 0 Å². The molecule has 1 radical (unpaired) electrons. The Hall–Kier alpha value is -1.77. The normalized spacial score (nSPS) is 17.9. The van der Waals surface area contributed by atoms with Gasteiger partial charge in [-0.05, 0) is 56.4 Å². The predicted molar refractivity (Wildman–Crippen MR) is 82.4 cm³/mol. The summed E-state index contributed by atoms with van der Waals surface area (Å²) in [5.41, 5.74) is 4.28. The molecule has 109 valence electrons. The van der Waals surface area contributed by atoms with Gasteiger partial charge in [0.05, 0.1) is 5.69 Å². The van der Waals surface area contributed by atoms with Crippen molar-refractivity contribution in [3.05, 3.63) is 54.1 Å². The second-order valence-electron chi connectivity index (χ2n) is 6.13. The van der Waals surface area contributed by atoms with Crippen molar-refractivity contribution < 1.29 is 4.39 Å². The molecule has 1 aliphatic rings. The lowest BCUT2D eigenvalue weighted by Crippen LogP contribution is -2.17. The average Bonchev–Trinajstić information content (AvgIpc) is 2.46. The van der Waals surface area contributed by atoms with Gasteiger partial charge in [0.1, 0.15) is 11.6 Å². The SMILES string of the molecule is [CH2]C1CCc2c(nc(C(C)C)nc2-c2ccc(F)cc2)C1. The first-order valence-electron chi connectivity index (χ1n) is 7.53. The molecule has 3 rings (SSSR count). The minimum atomic E-state index is -0.219. The number of hydrogen-bond acceptors (Lipinski definition) is 2. The Morgan fingerprint density at radius 2 is 1.90 bits per heavy atom. The Balaban J connectivity index is 2.16. The molecule has 2 aromatic rings. The van der Waals surface area contributed by atoms with Gasteiger partial charge in [-0.15, -0.1) is 0 Å². The highest BCUT2D eigenvalue weighted by molar-refractivity contribution is 5.64. The fraction of sp³-hybridized carbons (Fsp3) is 0.389. The lowest BCUT2D eigenvalue weighted by atomic mass is 9.86. The summed E-state index contributed by atoms with van der Waals surface area (Å²) in [5, 5.41) is 0. The van der Waals surface area contributed by atoms with Gasteiger partial charge in [0.25, 0.3) is 0 Å². The maximum absolute atomic E-state index is 13.2. The summed E-state index contributed by atoms with van der Waals surface area (Å²) in [6, 6.07) is 6.59. The van der Waals surface area contributed by atoms with Crippen molar-refractivity contribution in [3.63, 3.8) is 0 Å². The molecule has 2 nitrogen and oxygen atoms in total. The molecule has 3 heteroatoms. The quantitative estimate of drug-likeness (QED) is 0.819. The Labute approximate surface area is 125 Å². The number of benzene rings is 1. The third kappa shape index (κ3) is 2.82. The molecule has 0 aliphatic heterocycles. The monoisotopic (exact) mass is 283 g/mol. The van der Waals surface area contributed by atoms with E-state index in [1.165, 1.54) is 17.7 Å². The summed E-state index contributed by atoms with van der Waals surface area (Å²) in [7, 11) is 0. The second-order valence-corrected chi connectivity index (χ2v) is 6.13. The van der Waals surface area contributed by atoms with Crippen LogP contribution in [0.5, 0.6) is 0 Å². The number of rotatable bonds is 2. The first-order valence-corrected chi connectivity index (χ1v) is 7.53. The molecule has 1 aromatic carbocycles. The van der Waals surface area contributed by atoms with Gasteiger partial charge in [-0.2, -0.15) is 0 Å². The van der Waals surface area contributed by atoms with E-state index in [1.54, 1.807) is 12.1 Å². The first-order chi connectivity index (χ1) is 10.0. The van der Waals surface area contributed by atoms with Crippen molar-refractivity contribution in [2.45, 2.75) is 39.0 Å². The standard InChI is InChI=1S/C18H20FN2/c1-11(2)18-20-16-10-12(3)4-9-15(16)17(21-18)13-5-7-14(19)8-6-13/h5-8,11-12H,3-4,9-10H2,1-2H3. The molecule has 0 saturated carbocycles. The highest BCUT2D eigenvalue weighted by Crippen LogP contribution is 2.32. The summed E-state index contributed by atoms with van der Waals surface area (Å²) in [6.07, 6.45) is 2.92. The van der Waals surface area contributed by atoms with Crippen molar-refractivity contribution >= 4 is 0 Å². The Morgan fingerprint density at radius 3 is 2.57 bits per heavy atom. The average molecular weight is 283 g/mol. The molecular weight excluding hydrogens is 263 g/mol. The van der Waals surface area contributed by atoms with E-state index in [9.17, 15) is 4.39 Å². The van der Waals surface area contributed by atoms with Crippen LogP contribution in [0.2, 0.25) is 0 Å². The zero-order chi connectivity index (χ0) is 15.0. The molecule has 1 aliphatic carbocycles. The summed E-state index contributed by atoms with van der Waals surface area (Å²) in [4.78, 5) is 9.50. The number of halogens is 1. The van der Waals surface area contributed by atoms with Crippen LogP contribution in [0, 0.1) is 18.7 Å². The maximum Gasteiger partial charge on any atom is 0.131 e. The second kappa shape index (κ2) is 5.55. The number of hydrogen-bond donors (Lipinski definition) is 0. The first kappa shape index (κ1) is 14.2. The van der Waals surface area contributed by atoms with Crippen LogP contribution in [0.25, 0.3) is 11.3 Å². The topological polar surface area (TPSA) is 25.8 Å². The number of nitrogens with zero attached hydrogens (tertiary/aromatic N) is 2. The lowest BCUT2D eigenvalue weighted by molar-refractivity contribution is 0.532. The van der Waals surface area contributed by atoms with E-state index in [2.05, 4.69) is 20.8 Å². The van der Waals surface area contributed by atoms with Crippen LogP contribution in [-0.2, 0) is 12.8 Å². The molecule has 21 heavy (non-hydrogen) atoms. The molecule has 1 unspecified atom stereocenters. The summed E-state index contributed by atoms with van der Waals surface area (Å²) < 4.78 is 13.2. The van der Waals surface area contributed by atoms with Gasteiger partial charge in [0.2, 0.25) is 0 Å². The van der Waals surface area contributed by atoms with Crippen molar-refractivity contribution in [3.8, 4) is 11.3 Å². The van der Waals surface area contributed by atoms with Gasteiger partial charge >= 0.3 is 0 Å². The van der Waals surface area contributed by atoms with E-state index in [1.807, 2.05) is 0 Å². The van der Waals surface area contributed by atoms with E-state index in [0.29, 0.717) is 5.92 Å². The van der Waals surface area contributed by atoms with Gasteiger partial charge in [-0.3, -0.25) is 0 Å². The van der Waals surface area contributed by atoms with E-state index in [0.717, 1.165) is 42.0 Å². The Bertz CT molecular complexity index is 647. The fourth-order valence-corrected chi connectivity index (χ4v) is 2.81. The van der Waals surface area contributed by atoms with Gasteiger partial charge in [0.15, 0.2) is 0 Å². The third-order valence-corrected chi connectivity index (χ3v) is 4.03. The molecule has 0 saturated heterocycles. The third-order valence-electron chi connectivity index (χ3n) is 4.03. The van der Waals surface area contributed by atoms with Crippen molar-refractivity contribution in [1.29, 1.82) is 0 Å². The van der Waals surface area contributed by atoms with Crippen LogP contribution in [0.1, 0.15) is 43.3 Å². The van der Waals surface area contributed by atoms with Crippen molar-refractivity contribution in [2.24, 2.45) is 5.92 Å². The van der Waals surface area contributed by atoms with Gasteiger partial charge in [0, 0.05) is 22.7 Å². The van der Waals surface area contributed by atoms with E-state index in [-0.39, 0.29) is 11.7 Å². The molecule has 0 N–H and O–H groups in total. The summed E-state index contributed by atoms with van der Waals surface area (Å²) >= 11 is 0. The minimum Gasteiger partial charge on any atom is -0.237 e. The molecule has 1 aromatic heterocycles. The largest absolute Gasteiger partial charge is 0.237 e. The van der Waals surface area contributed by atoms with E-state index < -0.39 is 0 Å². The molecule has 0 amide bonds. The highest BCUT2D eigenvalue weighted by atomic mass is 19.1. The van der Waals surface area contributed by atoms with Crippen LogP contribution in [0.3, 0.4) is 0 Å². The lowest BCUT2D eigenvalue weighted by Gasteiger charge is -2.24. The van der Waals surface area contributed by atoms with Gasteiger partial charge in [-0.1, -0.05) is 13.8 Å². The predicted octanol–water partition coefficient (Wildman–Crippen LogP) is 4.35. The van der Waals surface area contributed by atoms with Crippen LogP contribution in [0.15, 0.2) is 24.3 Å². The van der Waals surface area contributed by atoms with Crippen LogP contribution < -0.4 is 0 Å². The molecule has 0 bridgehead atoms. The van der Waals surface area contributed by atoms with E-state index in [4.69, 9.17) is 9.97 Å². The number of aromatic nitrogens is 2. The molecule has 1 atom stereocenters.